The van der Waals surface area contributed by atoms with E-state index in [-0.39, 0.29) is 0 Å². The first-order valence-corrected chi connectivity index (χ1v) is 5.36. The molecule has 76 valence electrons. The summed E-state index contributed by atoms with van der Waals surface area (Å²) in [6, 6.07) is 4.64. The maximum Gasteiger partial charge on any atom is 0.148 e. The minimum atomic E-state index is 0.645. The Kier molecular flexibility index (Phi) is 2.66. The molecule has 3 nitrogen and oxygen atoms in total. The molecule has 0 aromatic carbocycles. The van der Waals surface area contributed by atoms with Gasteiger partial charge >= 0.3 is 0 Å². The van der Waals surface area contributed by atoms with Gasteiger partial charge in [0, 0.05) is 6.04 Å². The molecule has 0 amide bonds. The van der Waals surface area contributed by atoms with E-state index in [0.29, 0.717) is 6.04 Å². The average Bonchev–Trinajstić information content (AvgIpc) is 2.89. The van der Waals surface area contributed by atoms with Crippen LogP contribution in [-0.2, 0) is 0 Å². The second kappa shape index (κ2) is 3.95. The molecule has 14 heavy (non-hydrogen) atoms. The Balaban J connectivity index is 1.84. The second-order valence-corrected chi connectivity index (χ2v) is 4.10. The summed E-state index contributed by atoms with van der Waals surface area (Å²) >= 11 is 0. The van der Waals surface area contributed by atoms with Crippen LogP contribution in [-0.4, -0.2) is 16.2 Å². The van der Waals surface area contributed by atoms with Crippen molar-refractivity contribution in [2.45, 2.75) is 39.2 Å². The molecular formula is C11H17N3. The average molecular weight is 191 g/mol. The number of aryl methyl sites for hydroxylation is 1. The number of anilines is 1. The quantitative estimate of drug-likeness (QED) is 0.794. The van der Waals surface area contributed by atoms with Crippen LogP contribution in [0, 0.1) is 12.8 Å². The molecule has 1 aromatic rings. The van der Waals surface area contributed by atoms with Crippen molar-refractivity contribution in [3.8, 4) is 0 Å². The van der Waals surface area contributed by atoms with Crippen molar-refractivity contribution in [1.82, 2.24) is 10.2 Å². The van der Waals surface area contributed by atoms with Crippen molar-refractivity contribution in [1.29, 1.82) is 0 Å². The molecule has 1 saturated carbocycles. The highest BCUT2D eigenvalue weighted by Crippen LogP contribution is 2.36. The maximum absolute atomic E-state index is 4.09. The van der Waals surface area contributed by atoms with Gasteiger partial charge in [-0.3, -0.25) is 0 Å². The van der Waals surface area contributed by atoms with Gasteiger partial charge in [0.15, 0.2) is 0 Å². The molecule has 0 spiro atoms. The Labute approximate surface area is 84.9 Å². The number of nitrogens with zero attached hydrogens (tertiary/aromatic N) is 2. The van der Waals surface area contributed by atoms with Crippen molar-refractivity contribution < 1.29 is 0 Å². The Bertz CT molecular complexity index is 294. The summed E-state index contributed by atoms with van der Waals surface area (Å²) in [5.74, 6) is 1.78. The summed E-state index contributed by atoms with van der Waals surface area (Å²) in [6.07, 6.45) is 3.91. The zero-order valence-corrected chi connectivity index (χ0v) is 8.83. The van der Waals surface area contributed by atoms with E-state index >= 15 is 0 Å². The lowest BCUT2D eigenvalue weighted by Gasteiger charge is -2.03. The summed E-state index contributed by atoms with van der Waals surface area (Å²) in [5.41, 5.74) is 0.969. The molecule has 1 N–H and O–H groups in total. The molecule has 1 aliphatic carbocycles. The van der Waals surface area contributed by atoms with Gasteiger partial charge in [-0.15, -0.1) is 5.10 Å². The van der Waals surface area contributed by atoms with E-state index < -0.39 is 0 Å². The smallest absolute Gasteiger partial charge is 0.148 e. The van der Waals surface area contributed by atoms with Crippen LogP contribution in [0.25, 0.3) is 0 Å². The third-order valence-corrected chi connectivity index (χ3v) is 2.71. The van der Waals surface area contributed by atoms with E-state index in [2.05, 4.69) is 22.4 Å². The molecule has 1 heterocycles. The number of aromatic nitrogens is 2. The van der Waals surface area contributed by atoms with Crippen LogP contribution in [0.3, 0.4) is 0 Å². The molecule has 2 atom stereocenters. The van der Waals surface area contributed by atoms with Crippen LogP contribution >= 0.6 is 0 Å². The zero-order valence-electron chi connectivity index (χ0n) is 8.83. The van der Waals surface area contributed by atoms with Crippen molar-refractivity contribution in [3.63, 3.8) is 0 Å². The third kappa shape index (κ3) is 2.22. The summed E-state index contributed by atoms with van der Waals surface area (Å²) in [7, 11) is 0. The van der Waals surface area contributed by atoms with Gasteiger partial charge in [-0.1, -0.05) is 13.3 Å². The first kappa shape index (κ1) is 9.44. The van der Waals surface area contributed by atoms with Crippen molar-refractivity contribution in [2.75, 3.05) is 5.32 Å². The highest BCUT2D eigenvalue weighted by molar-refractivity contribution is 5.36. The van der Waals surface area contributed by atoms with Gasteiger partial charge in [0.2, 0.25) is 0 Å². The first-order chi connectivity index (χ1) is 6.79. The number of hydrogen-bond donors (Lipinski definition) is 1. The fourth-order valence-electron chi connectivity index (χ4n) is 1.78. The molecule has 1 aliphatic rings. The first-order valence-electron chi connectivity index (χ1n) is 5.36. The van der Waals surface area contributed by atoms with Crippen molar-refractivity contribution >= 4 is 5.82 Å². The van der Waals surface area contributed by atoms with E-state index in [0.717, 1.165) is 17.4 Å². The van der Waals surface area contributed by atoms with Gasteiger partial charge in [-0.25, -0.2) is 0 Å². The molecule has 2 rings (SSSR count). The number of rotatable bonds is 4. The fraction of sp³-hybridized carbons (Fsp3) is 0.636. The van der Waals surface area contributed by atoms with Crippen LogP contribution in [0.1, 0.15) is 31.9 Å². The Hall–Kier alpha value is -1.12. The molecule has 1 aromatic heterocycles. The summed E-state index contributed by atoms with van der Waals surface area (Å²) in [5, 5.41) is 11.5. The van der Waals surface area contributed by atoms with Gasteiger partial charge in [0.1, 0.15) is 5.82 Å². The topological polar surface area (TPSA) is 37.8 Å². The Morgan fingerprint density at radius 2 is 2.29 bits per heavy atom. The van der Waals surface area contributed by atoms with E-state index in [1.54, 1.807) is 0 Å². The van der Waals surface area contributed by atoms with E-state index in [1.807, 2.05) is 19.1 Å². The van der Waals surface area contributed by atoms with Crippen LogP contribution in [0.15, 0.2) is 12.1 Å². The van der Waals surface area contributed by atoms with E-state index in [1.165, 1.54) is 19.3 Å². The molecule has 1 fully saturated rings. The third-order valence-electron chi connectivity index (χ3n) is 2.71. The second-order valence-electron chi connectivity index (χ2n) is 4.10. The summed E-state index contributed by atoms with van der Waals surface area (Å²) < 4.78 is 0. The largest absolute Gasteiger partial charge is 0.366 e. The van der Waals surface area contributed by atoms with Crippen molar-refractivity contribution in [2.24, 2.45) is 5.92 Å². The van der Waals surface area contributed by atoms with Crippen LogP contribution < -0.4 is 5.32 Å². The minimum absolute atomic E-state index is 0.645. The maximum atomic E-state index is 4.09. The van der Waals surface area contributed by atoms with Crippen LogP contribution in [0.5, 0.6) is 0 Å². The SMILES string of the molecule is CCCC1CC1Nc1ccc(C)nn1. The molecule has 0 saturated heterocycles. The van der Waals surface area contributed by atoms with Gasteiger partial charge in [-0.05, 0) is 37.8 Å². The molecule has 2 unspecified atom stereocenters. The van der Waals surface area contributed by atoms with E-state index in [4.69, 9.17) is 0 Å². The Morgan fingerprint density at radius 1 is 1.43 bits per heavy atom. The summed E-state index contributed by atoms with van der Waals surface area (Å²) in [4.78, 5) is 0. The lowest BCUT2D eigenvalue weighted by molar-refractivity contribution is 0.691. The lowest BCUT2D eigenvalue weighted by Crippen LogP contribution is -2.06. The summed E-state index contributed by atoms with van der Waals surface area (Å²) in [6.45, 7) is 4.19. The minimum Gasteiger partial charge on any atom is -0.366 e. The van der Waals surface area contributed by atoms with Gasteiger partial charge in [0.25, 0.3) is 0 Å². The standard InChI is InChI=1S/C11H17N3/c1-3-4-9-7-10(9)12-11-6-5-8(2)13-14-11/h5-6,9-10H,3-4,7H2,1-2H3,(H,12,14). The zero-order chi connectivity index (χ0) is 9.97. The molecule has 0 radical (unpaired) electrons. The van der Waals surface area contributed by atoms with Crippen LogP contribution in [0.2, 0.25) is 0 Å². The predicted molar refractivity (Wildman–Crippen MR) is 57.2 cm³/mol. The molecule has 0 aliphatic heterocycles. The monoisotopic (exact) mass is 191 g/mol. The van der Waals surface area contributed by atoms with Crippen LogP contribution in [0.4, 0.5) is 5.82 Å². The molecular weight excluding hydrogens is 174 g/mol. The van der Waals surface area contributed by atoms with Gasteiger partial charge < -0.3 is 5.32 Å². The number of nitrogens with one attached hydrogen (secondary N) is 1. The lowest BCUT2D eigenvalue weighted by atomic mass is 10.2. The van der Waals surface area contributed by atoms with E-state index in [9.17, 15) is 0 Å². The fourth-order valence-corrected chi connectivity index (χ4v) is 1.78. The van der Waals surface area contributed by atoms with Gasteiger partial charge in [0.05, 0.1) is 5.69 Å². The normalized spacial score (nSPS) is 24.7. The number of hydrogen-bond acceptors (Lipinski definition) is 3. The molecule has 3 heteroatoms. The highest BCUT2D eigenvalue weighted by Gasteiger charge is 2.36. The van der Waals surface area contributed by atoms with Gasteiger partial charge in [-0.2, -0.15) is 5.10 Å². The Morgan fingerprint density at radius 3 is 2.93 bits per heavy atom. The molecule has 0 bridgehead atoms. The predicted octanol–water partition coefficient (Wildman–Crippen LogP) is 2.39. The highest BCUT2D eigenvalue weighted by atomic mass is 15.2. The van der Waals surface area contributed by atoms with Crippen molar-refractivity contribution in [3.05, 3.63) is 17.8 Å².